The molecule has 0 atom stereocenters. The fourth-order valence-electron chi connectivity index (χ4n) is 4.02. The number of halogens is 3. The first-order valence-electron chi connectivity index (χ1n) is 11.2. The molecule has 0 unspecified atom stereocenters. The molecule has 0 spiro atoms. The van der Waals surface area contributed by atoms with E-state index in [0.717, 1.165) is 28.1 Å². The second-order valence-electron chi connectivity index (χ2n) is 11.0. The molecule has 0 aliphatic heterocycles. The Bertz CT molecular complexity index is 1110. The zero-order chi connectivity index (χ0) is 24.9. The van der Waals surface area contributed by atoms with E-state index in [2.05, 4.69) is 41.5 Å². The van der Waals surface area contributed by atoms with Crippen molar-refractivity contribution in [3.63, 3.8) is 0 Å². The van der Waals surface area contributed by atoms with E-state index in [1.165, 1.54) is 12.1 Å². The monoisotopic (exact) mass is 456 g/mol. The molecule has 2 nitrogen and oxygen atoms in total. The lowest BCUT2D eigenvalue weighted by atomic mass is 9.85. The van der Waals surface area contributed by atoms with Crippen molar-refractivity contribution in [1.29, 1.82) is 0 Å². The smallest absolute Gasteiger partial charge is 0.201 e. The van der Waals surface area contributed by atoms with Crippen LogP contribution in [-0.4, -0.2) is 0 Å². The molecule has 2 aromatic heterocycles. The first kappa shape index (κ1) is 24.9. The maximum absolute atomic E-state index is 14.0. The highest BCUT2D eigenvalue weighted by molar-refractivity contribution is 5.75. The topological polar surface area (TPSA) is 7.76 Å². The number of hydrogen-bond acceptors (Lipinski definition) is 0. The van der Waals surface area contributed by atoms with E-state index in [1.54, 1.807) is 0 Å². The first-order valence-corrected chi connectivity index (χ1v) is 11.2. The molecule has 1 aromatic carbocycles. The fourth-order valence-corrected chi connectivity index (χ4v) is 4.02. The van der Waals surface area contributed by atoms with Crippen LogP contribution in [0.3, 0.4) is 0 Å². The quantitative estimate of drug-likeness (QED) is 0.384. The van der Waals surface area contributed by atoms with Crippen LogP contribution >= 0.6 is 0 Å². The van der Waals surface area contributed by atoms with E-state index in [1.807, 2.05) is 66.8 Å². The largest absolute Gasteiger partial charge is 0.416 e. The van der Waals surface area contributed by atoms with Gasteiger partial charge in [0.2, 0.25) is 11.4 Å². The van der Waals surface area contributed by atoms with Gasteiger partial charge < -0.3 is 0 Å². The Hall–Kier alpha value is -2.69. The van der Waals surface area contributed by atoms with E-state index in [-0.39, 0.29) is 10.8 Å². The Balaban J connectivity index is 2.39. The van der Waals surface area contributed by atoms with Gasteiger partial charge in [-0.2, -0.15) is 13.2 Å². The van der Waals surface area contributed by atoms with Gasteiger partial charge in [0, 0.05) is 24.3 Å². The molecule has 2 heterocycles. The predicted octanol–water partition coefficient (Wildman–Crippen LogP) is 6.59. The van der Waals surface area contributed by atoms with Crippen LogP contribution in [0.5, 0.6) is 0 Å². The molecule has 176 valence electrons. The molecule has 0 aliphatic carbocycles. The molecular weight excluding hydrogens is 421 g/mol. The molecule has 0 amide bonds. The van der Waals surface area contributed by atoms with E-state index >= 15 is 0 Å². The minimum atomic E-state index is -4.45. The summed E-state index contributed by atoms with van der Waals surface area (Å²) in [6.45, 7) is 14.5. The number of benzene rings is 1. The second kappa shape index (κ2) is 8.27. The minimum Gasteiger partial charge on any atom is -0.201 e. The molecule has 3 rings (SSSR count). The number of nitrogens with zero attached hydrogens (tertiary/aromatic N) is 2. The lowest BCUT2D eigenvalue weighted by Gasteiger charge is -2.21. The van der Waals surface area contributed by atoms with Gasteiger partial charge in [-0.1, -0.05) is 41.5 Å². The summed E-state index contributed by atoms with van der Waals surface area (Å²) in [4.78, 5) is 0. The van der Waals surface area contributed by atoms with Crippen LogP contribution in [-0.2, 0) is 31.1 Å². The van der Waals surface area contributed by atoms with Crippen molar-refractivity contribution >= 4 is 0 Å². The molecule has 0 aliphatic rings. The minimum absolute atomic E-state index is 0.116. The summed E-state index contributed by atoms with van der Waals surface area (Å²) in [7, 11) is 3.75. The highest BCUT2D eigenvalue weighted by atomic mass is 19.4. The lowest BCUT2D eigenvalue weighted by molar-refractivity contribution is -0.660. The second-order valence-corrected chi connectivity index (χ2v) is 11.0. The molecule has 0 fully saturated rings. The molecule has 0 saturated carbocycles. The van der Waals surface area contributed by atoms with E-state index in [4.69, 9.17) is 0 Å². The van der Waals surface area contributed by atoms with Crippen molar-refractivity contribution in [3.8, 4) is 22.5 Å². The number of aryl methyl sites for hydroxylation is 2. The molecule has 0 bridgehead atoms. The van der Waals surface area contributed by atoms with Gasteiger partial charge in [-0.15, -0.1) is 0 Å². The molecule has 0 radical (unpaired) electrons. The maximum Gasteiger partial charge on any atom is 0.416 e. The number of aromatic nitrogens is 2. The Morgan fingerprint density at radius 3 is 1.27 bits per heavy atom. The van der Waals surface area contributed by atoms with Crippen molar-refractivity contribution in [1.82, 2.24) is 0 Å². The number of pyridine rings is 2. The van der Waals surface area contributed by atoms with Crippen molar-refractivity contribution in [2.45, 2.75) is 65.5 Å². The number of rotatable bonds is 2. The van der Waals surface area contributed by atoms with E-state index < -0.39 is 11.7 Å². The summed E-state index contributed by atoms with van der Waals surface area (Å²) in [5, 5.41) is 0. The van der Waals surface area contributed by atoms with Gasteiger partial charge in [-0.25, -0.2) is 9.13 Å². The van der Waals surface area contributed by atoms with Crippen molar-refractivity contribution in [3.05, 3.63) is 71.0 Å². The molecule has 0 saturated heterocycles. The molecular formula is C28H35F3N2+2. The Labute approximate surface area is 195 Å². The summed E-state index contributed by atoms with van der Waals surface area (Å²) in [5.74, 6) is 0. The van der Waals surface area contributed by atoms with Gasteiger partial charge in [0.25, 0.3) is 0 Å². The van der Waals surface area contributed by atoms with Gasteiger partial charge in [0.05, 0.1) is 16.7 Å². The molecule has 5 heteroatoms. The van der Waals surface area contributed by atoms with Crippen LogP contribution in [0.1, 0.15) is 63.8 Å². The Morgan fingerprint density at radius 2 is 0.970 bits per heavy atom. The van der Waals surface area contributed by atoms with Crippen molar-refractivity contribution in [2.24, 2.45) is 14.1 Å². The highest BCUT2D eigenvalue weighted by Gasteiger charge is 2.34. The molecule has 0 N–H and O–H groups in total. The average Bonchev–Trinajstić information content (AvgIpc) is 2.66. The summed E-state index contributed by atoms with van der Waals surface area (Å²) >= 11 is 0. The predicted molar refractivity (Wildman–Crippen MR) is 127 cm³/mol. The zero-order valence-electron chi connectivity index (χ0n) is 21.1. The lowest BCUT2D eigenvalue weighted by Crippen LogP contribution is -2.33. The van der Waals surface area contributed by atoms with Gasteiger partial charge in [-0.3, -0.25) is 0 Å². The highest BCUT2D eigenvalue weighted by Crippen LogP contribution is 2.39. The fraction of sp³-hybridized carbons (Fsp3) is 0.429. The van der Waals surface area contributed by atoms with Gasteiger partial charge in [0.15, 0.2) is 12.4 Å². The van der Waals surface area contributed by atoms with Crippen molar-refractivity contribution < 1.29 is 22.3 Å². The summed E-state index contributed by atoms with van der Waals surface area (Å²) in [6.07, 6.45) is -0.595. The van der Waals surface area contributed by atoms with Crippen LogP contribution in [0, 0.1) is 6.92 Å². The number of hydrogen-bond donors (Lipinski definition) is 0. The zero-order valence-corrected chi connectivity index (χ0v) is 21.1. The van der Waals surface area contributed by atoms with Gasteiger partial charge in [-0.05, 0) is 46.6 Å². The van der Waals surface area contributed by atoms with Crippen LogP contribution in [0.15, 0.2) is 48.8 Å². The van der Waals surface area contributed by atoms with E-state index in [9.17, 15) is 13.2 Å². The third-order valence-electron chi connectivity index (χ3n) is 6.32. The number of alkyl halides is 3. The molecule has 33 heavy (non-hydrogen) atoms. The van der Waals surface area contributed by atoms with Crippen LogP contribution in [0.2, 0.25) is 0 Å². The SMILES string of the molecule is Cc1c(-c2cc(C(C)(C)C)cc[n+]2C)cc(C(F)(F)F)cc1-c1cc(C(C)(C)C)cc[n+]1C. The Kier molecular flexibility index (Phi) is 6.25. The van der Waals surface area contributed by atoms with E-state index in [0.29, 0.717) is 11.1 Å². The van der Waals surface area contributed by atoms with Crippen molar-refractivity contribution in [2.75, 3.05) is 0 Å². The Morgan fingerprint density at radius 1 is 0.606 bits per heavy atom. The standard InChI is InChI=1S/C28H35F3N2/c1-18-22(24-16-19(26(2,3)4)10-12-32(24)8)14-21(28(29,30)31)15-23(18)25-17-20(27(5,6)7)11-13-33(25)9/h10-17H,1-9H3/q+2. The van der Waals surface area contributed by atoms with Gasteiger partial charge >= 0.3 is 6.18 Å². The summed E-state index contributed by atoms with van der Waals surface area (Å²) < 4.78 is 45.9. The average molecular weight is 457 g/mol. The normalized spacial score (nSPS) is 12.8. The van der Waals surface area contributed by atoms with Crippen LogP contribution in [0.4, 0.5) is 13.2 Å². The summed E-state index contributed by atoms with van der Waals surface area (Å²) in [5.41, 5.74) is 4.83. The first-order chi connectivity index (χ1) is 15.0. The third-order valence-corrected chi connectivity index (χ3v) is 6.32. The maximum atomic E-state index is 14.0. The van der Waals surface area contributed by atoms with Gasteiger partial charge in [0.1, 0.15) is 14.1 Å². The van der Waals surface area contributed by atoms with Crippen LogP contribution < -0.4 is 9.13 Å². The third kappa shape index (κ3) is 5.13. The van der Waals surface area contributed by atoms with Crippen LogP contribution in [0.25, 0.3) is 22.5 Å². The molecule has 3 aromatic rings. The summed E-state index contributed by atoms with van der Waals surface area (Å²) in [6, 6.07) is 10.7.